The largest absolute Gasteiger partial charge is 0.364 e. The Hall–Kier alpha value is -3.65. The number of imidazole rings is 1. The SMILES string of the molecule is O=C(Nc1cc(NCc2cn3cc(C4CC4)ccc3n2)nc(N2CCCC2)n1)[C@H]1C[C@@H]1c1cccc(Cl)c1. The summed E-state index contributed by atoms with van der Waals surface area (Å²) < 4.78 is 2.11. The zero-order valence-corrected chi connectivity index (χ0v) is 21.9. The van der Waals surface area contributed by atoms with Gasteiger partial charge in [-0.2, -0.15) is 9.97 Å². The summed E-state index contributed by atoms with van der Waals surface area (Å²) in [4.78, 5) is 29.5. The average Bonchev–Trinajstić information content (AvgIpc) is 3.83. The first-order valence-electron chi connectivity index (χ1n) is 13.5. The van der Waals surface area contributed by atoms with E-state index in [1.807, 2.05) is 30.3 Å². The molecule has 194 valence electrons. The molecule has 3 aromatic heterocycles. The number of carbonyl (C=O) groups excluding carboxylic acids is 1. The van der Waals surface area contributed by atoms with Gasteiger partial charge in [-0.1, -0.05) is 29.8 Å². The number of anilines is 3. The van der Waals surface area contributed by atoms with Crippen LogP contribution in [0.3, 0.4) is 0 Å². The van der Waals surface area contributed by atoms with E-state index in [4.69, 9.17) is 26.6 Å². The first-order valence-corrected chi connectivity index (χ1v) is 13.9. The van der Waals surface area contributed by atoms with E-state index in [0.29, 0.717) is 35.1 Å². The Kier molecular flexibility index (Phi) is 5.92. The van der Waals surface area contributed by atoms with E-state index >= 15 is 0 Å². The predicted octanol–water partition coefficient (Wildman–Crippen LogP) is 5.61. The molecule has 9 heteroatoms. The molecule has 1 saturated heterocycles. The molecule has 4 aromatic rings. The molecule has 3 fully saturated rings. The van der Waals surface area contributed by atoms with Gasteiger partial charge in [0.25, 0.3) is 0 Å². The van der Waals surface area contributed by atoms with Crippen molar-refractivity contribution in [1.29, 1.82) is 0 Å². The second kappa shape index (κ2) is 9.58. The van der Waals surface area contributed by atoms with Crippen LogP contribution in [0, 0.1) is 5.92 Å². The summed E-state index contributed by atoms with van der Waals surface area (Å²) in [7, 11) is 0. The lowest BCUT2D eigenvalue weighted by atomic mass is 10.1. The molecule has 1 aromatic carbocycles. The predicted molar refractivity (Wildman–Crippen MR) is 149 cm³/mol. The molecule has 2 saturated carbocycles. The molecule has 4 heterocycles. The molecule has 2 N–H and O–H groups in total. The smallest absolute Gasteiger partial charge is 0.229 e. The van der Waals surface area contributed by atoms with Crippen LogP contribution >= 0.6 is 11.6 Å². The molecule has 7 rings (SSSR count). The maximum atomic E-state index is 13.1. The average molecular weight is 528 g/mol. The van der Waals surface area contributed by atoms with Crippen LogP contribution in [-0.2, 0) is 11.3 Å². The standard InChI is InChI=1S/C29H30ClN7O/c30-21-5-3-4-19(12-21)23-13-24(23)28(38)33-26-14-25(34-29(35-26)36-10-1-2-11-36)31-15-22-17-37-16-20(18-6-7-18)8-9-27(37)32-22/h3-5,8-9,12,14,16-18,23-24H,1-2,6-7,10-11,13,15H2,(H2,31,33,34,35,38)/t23-,24+/m1/s1. The highest BCUT2D eigenvalue weighted by Gasteiger charge is 2.44. The Morgan fingerprint density at radius 2 is 1.82 bits per heavy atom. The molecule has 0 radical (unpaired) electrons. The molecule has 2 atom stereocenters. The topological polar surface area (TPSA) is 87.5 Å². The lowest BCUT2D eigenvalue weighted by Gasteiger charge is -2.17. The Bertz CT molecular complexity index is 1510. The van der Waals surface area contributed by atoms with E-state index < -0.39 is 0 Å². The summed E-state index contributed by atoms with van der Waals surface area (Å²) >= 11 is 6.15. The summed E-state index contributed by atoms with van der Waals surface area (Å²) in [6.07, 6.45) is 9.89. The highest BCUT2D eigenvalue weighted by molar-refractivity contribution is 6.30. The Morgan fingerprint density at radius 1 is 0.974 bits per heavy atom. The lowest BCUT2D eigenvalue weighted by Crippen LogP contribution is -2.23. The number of fused-ring (bicyclic) bond motifs is 1. The summed E-state index contributed by atoms with van der Waals surface area (Å²) in [5, 5.41) is 7.17. The molecule has 0 bridgehead atoms. The van der Waals surface area contributed by atoms with E-state index in [2.05, 4.69) is 44.5 Å². The first-order chi connectivity index (χ1) is 18.6. The van der Waals surface area contributed by atoms with Crippen molar-refractivity contribution in [2.75, 3.05) is 28.6 Å². The van der Waals surface area contributed by atoms with Gasteiger partial charge in [0.2, 0.25) is 11.9 Å². The number of nitrogens with zero attached hydrogens (tertiary/aromatic N) is 5. The van der Waals surface area contributed by atoms with Crippen LogP contribution in [0.4, 0.5) is 17.6 Å². The van der Waals surface area contributed by atoms with Crippen molar-refractivity contribution in [1.82, 2.24) is 19.4 Å². The molecule has 0 unspecified atom stereocenters. The number of aromatic nitrogens is 4. The van der Waals surface area contributed by atoms with Crippen molar-refractivity contribution in [3.63, 3.8) is 0 Å². The van der Waals surface area contributed by atoms with Crippen molar-refractivity contribution < 1.29 is 4.79 Å². The maximum Gasteiger partial charge on any atom is 0.229 e. The van der Waals surface area contributed by atoms with Crippen molar-refractivity contribution in [2.45, 2.75) is 50.5 Å². The molecule has 2 aliphatic carbocycles. The van der Waals surface area contributed by atoms with Crippen molar-refractivity contribution in [3.05, 3.63) is 76.7 Å². The minimum atomic E-state index is -0.0754. The number of benzene rings is 1. The van der Waals surface area contributed by atoms with E-state index in [1.165, 1.54) is 18.4 Å². The van der Waals surface area contributed by atoms with Gasteiger partial charge >= 0.3 is 0 Å². The quantitative estimate of drug-likeness (QED) is 0.310. The second-order valence-electron chi connectivity index (χ2n) is 10.7. The van der Waals surface area contributed by atoms with Gasteiger partial charge < -0.3 is 19.9 Å². The van der Waals surface area contributed by atoms with E-state index in [9.17, 15) is 4.79 Å². The third kappa shape index (κ3) is 4.92. The van der Waals surface area contributed by atoms with Gasteiger partial charge in [0.1, 0.15) is 17.3 Å². The Morgan fingerprint density at radius 3 is 2.63 bits per heavy atom. The number of carbonyl (C=O) groups is 1. The van der Waals surface area contributed by atoms with Gasteiger partial charge in [-0.15, -0.1) is 0 Å². The molecule has 1 amide bonds. The van der Waals surface area contributed by atoms with E-state index in [-0.39, 0.29) is 17.7 Å². The fourth-order valence-electron chi connectivity index (χ4n) is 5.44. The van der Waals surface area contributed by atoms with Crippen LogP contribution in [-0.4, -0.2) is 38.3 Å². The van der Waals surface area contributed by atoms with Crippen LogP contribution in [0.25, 0.3) is 5.65 Å². The number of rotatable bonds is 8. The summed E-state index contributed by atoms with van der Waals surface area (Å²) in [5.74, 6) is 2.66. The third-order valence-corrected chi connectivity index (χ3v) is 8.02. The minimum Gasteiger partial charge on any atom is -0.364 e. The van der Waals surface area contributed by atoms with Gasteiger partial charge in [-0.25, -0.2) is 4.98 Å². The van der Waals surface area contributed by atoms with Crippen molar-refractivity contribution in [3.8, 4) is 0 Å². The summed E-state index contributed by atoms with van der Waals surface area (Å²) in [6, 6.07) is 13.9. The van der Waals surface area contributed by atoms with Crippen molar-refractivity contribution in [2.24, 2.45) is 5.92 Å². The normalized spacial score (nSPS) is 20.6. The minimum absolute atomic E-state index is 0.0150. The van der Waals surface area contributed by atoms with Crippen LogP contribution in [0.1, 0.15) is 60.8 Å². The lowest BCUT2D eigenvalue weighted by molar-refractivity contribution is -0.117. The summed E-state index contributed by atoms with van der Waals surface area (Å²) in [5.41, 5.74) is 4.37. The van der Waals surface area contributed by atoms with Gasteiger partial charge in [-0.05, 0) is 73.3 Å². The van der Waals surface area contributed by atoms with E-state index in [1.54, 1.807) is 0 Å². The Balaban J connectivity index is 1.07. The molecular weight excluding hydrogens is 498 g/mol. The molecule has 38 heavy (non-hydrogen) atoms. The number of hydrogen-bond acceptors (Lipinski definition) is 6. The molecule has 8 nitrogen and oxygen atoms in total. The summed E-state index contributed by atoms with van der Waals surface area (Å²) in [6.45, 7) is 2.38. The van der Waals surface area contributed by atoms with E-state index in [0.717, 1.165) is 49.3 Å². The highest BCUT2D eigenvalue weighted by Crippen LogP contribution is 2.48. The van der Waals surface area contributed by atoms with Gasteiger partial charge in [0, 0.05) is 42.5 Å². The Labute approximate surface area is 226 Å². The van der Waals surface area contributed by atoms with Crippen LogP contribution in [0.2, 0.25) is 5.02 Å². The zero-order valence-electron chi connectivity index (χ0n) is 21.1. The van der Waals surface area contributed by atoms with Gasteiger partial charge in [0.05, 0.1) is 12.2 Å². The fourth-order valence-corrected chi connectivity index (χ4v) is 5.64. The van der Waals surface area contributed by atoms with Gasteiger partial charge in [0.15, 0.2) is 0 Å². The molecule has 0 spiro atoms. The van der Waals surface area contributed by atoms with Crippen LogP contribution in [0.5, 0.6) is 0 Å². The van der Waals surface area contributed by atoms with Crippen LogP contribution < -0.4 is 15.5 Å². The highest BCUT2D eigenvalue weighted by atomic mass is 35.5. The monoisotopic (exact) mass is 527 g/mol. The van der Waals surface area contributed by atoms with Crippen LogP contribution in [0.15, 0.2) is 54.9 Å². The molecule has 3 aliphatic rings. The molecular formula is C29H30ClN7O. The molecule has 1 aliphatic heterocycles. The first kappa shape index (κ1) is 23.5. The van der Waals surface area contributed by atoms with Gasteiger partial charge in [-0.3, -0.25) is 4.79 Å². The maximum absolute atomic E-state index is 13.1. The number of halogens is 1. The number of amides is 1. The van der Waals surface area contributed by atoms with Crippen molar-refractivity contribution >= 4 is 40.7 Å². The fraction of sp³-hybridized carbons (Fsp3) is 0.379. The number of hydrogen-bond donors (Lipinski definition) is 2. The zero-order chi connectivity index (χ0) is 25.6. The number of pyridine rings is 1. The third-order valence-electron chi connectivity index (χ3n) is 7.78. The second-order valence-corrected chi connectivity index (χ2v) is 11.1. The number of nitrogens with one attached hydrogen (secondary N) is 2.